The minimum Gasteiger partial charge on any atom is -0.282 e. The summed E-state index contributed by atoms with van der Waals surface area (Å²) in [4.78, 5) is 23.9. The number of fused-ring (bicyclic) bond motifs is 1. The molecule has 4 aromatic rings. The Balaban J connectivity index is 1.54. The first kappa shape index (κ1) is 22.4. The third kappa shape index (κ3) is 5.15. The van der Waals surface area contributed by atoms with Crippen LogP contribution in [0.4, 0.5) is 5.13 Å². The van der Waals surface area contributed by atoms with Crippen molar-refractivity contribution in [2.45, 2.75) is 24.3 Å². The van der Waals surface area contributed by atoms with Crippen molar-refractivity contribution in [3.8, 4) is 0 Å². The molecule has 0 N–H and O–H groups in total. The highest BCUT2D eigenvalue weighted by Gasteiger charge is 2.22. The second-order valence-electron chi connectivity index (χ2n) is 7.12. The van der Waals surface area contributed by atoms with Crippen LogP contribution in [0.2, 0.25) is 5.02 Å². The Morgan fingerprint density at radius 1 is 1.00 bits per heavy atom. The number of amides is 1. The molecule has 0 radical (unpaired) electrons. The monoisotopic (exact) mass is 485 g/mol. The number of thiazole rings is 1. The van der Waals surface area contributed by atoms with E-state index in [1.807, 2.05) is 30.3 Å². The van der Waals surface area contributed by atoms with Crippen molar-refractivity contribution in [1.29, 1.82) is 0 Å². The van der Waals surface area contributed by atoms with E-state index in [1.54, 1.807) is 47.5 Å². The molecule has 9 heteroatoms. The first-order chi connectivity index (χ1) is 15.4. The molecule has 4 rings (SSSR count). The fourth-order valence-corrected chi connectivity index (χ4v) is 5.84. The van der Waals surface area contributed by atoms with Gasteiger partial charge in [-0.1, -0.05) is 53.3 Å². The lowest BCUT2D eigenvalue weighted by Crippen LogP contribution is -2.30. The Labute approximate surface area is 195 Å². The second-order valence-corrected chi connectivity index (χ2v) is 10.6. The van der Waals surface area contributed by atoms with Crippen molar-refractivity contribution < 1.29 is 13.2 Å². The van der Waals surface area contributed by atoms with E-state index in [9.17, 15) is 13.2 Å². The van der Waals surface area contributed by atoms with Gasteiger partial charge in [0.2, 0.25) is 5.91 Å². The van der Waals surface area contributed by atoms with E-state index in [4.69, 9.17) is 11.6 Å². The Hall–Kier alpha value is -2.81. The molecule has 2 aromatic carbocycles. The lowest BCUT2D eigenvalue weighted by molar-refractivity contribution is -0.118. The van der Waals surface area contributed by atoms with Crippen molar-refractivity contribution in [2.24, 2.45) is 0 Å². The minimum absolute atomic E-state index is 0.0720. The van der Waals surface area contributed by atoms with Gasteiger partial charge in [0.05, 0.1) is 32.6 Å². The molecule has 0 saturated carbocycles. The van der Waals surface area contributed by atoms with Gasteiger partial charge in [-0.3, -0.25) is 14.7 Å². The molecule has 0 bridgehead atoms. The maximum atomic E-state index is 13.2. The average molecular weight is 486 g/mol. The molecule has 0 unspecified atom stereocenters. The number of nitrogens with zero attached hydrogens (tertiary/aromatic N) is 3. The van der Waals surface area contributed by atoms with Crippen LogP contribution in [0.1, 0.15) is 18.5 Å². The first-order valence-electron chi connectivity index (χ1n) is 9.97. The summed E-state index contributed by atoms with van der Waals surface area (Å²) in [5.74, 6) is -0.319. The summed E-state index contributed by atoms with van der Waals surface area (Å²) in [5, 5.41) is 1.03. The van der Waals surface area contributed by atoms with Crippen LogP contribution in [0.25, 0.3) is 10.2 Å². The molecule has 6 nitrogen and oxygen atoms in total. The SMILES string of the molecule is O=C(CCCS(=O)(=O)c1ccccc1)N(Cc1ccccn1)c1nc2c(Cl)cccc2s1. The van der Waals surface area contributed by atoms with Gasteiger partial charge in [0, 0.05) is 12.6 Å². The number of aromatic nitrogens is 2. The fourth-order valence-electron chi connectivity index (χ4n) is 3.23. The van der Waals surface area contributed by atoms with Gasteiger partial charge in [-0.15, -0.1) is 0 Å². The van der Waals surface area contributed by atoms with Gasteiger partial charge in [-0.25, -0.2) is 13.4 Å². The fraction of sp³-hybridized carbons (Fsp3) is 0.174. The quantitative estimate of drug-likeness (QED) is 0.345. The van der Waals surface area contributed by atoms with Crippen LogP contribution in [0.3, 0.4) is 0 Å². The largest absolute Gasteiger partial charge is 0.282 e. The molecule has 0 saturated heterocycles. The molecule has 0 fully saturated rings. The Morgan fingerprint density at radius 2 is 1.78 bits per heavy atom. The topological polar surface area (TPSA) is 80.2 Å². The van der Waals surface area contributed by atoms with Crippen molar-refractivity contribution in [3.05, 3.63) is 83.6 Å². The van der Waals surface area contributed by atoms with Crippen LogP contribution in [-0.2, 0) is 21.2 Å². The number of pyridine rings is 1. The lowest BCUT2D eigenvalue weighted by Gasteiger charge is -2.19. The van der Waals surface area contributed by atoms with Crippen LogP contribution < -0.4 is 4.90 Å². The predicted octanol–water partition coefficient (Wildman–Crippen LogP) is 5.13. The van der Waals surface area contributed by atoms with E-state index < -0.39 is 9.84 Å². The van der Waals surface area contributed by atoms with E-state index in [0.717, 1.165) is 4.70 Å². The zero-order chi connectivity index (χ0) is 22.6. The molecular weight excluding hydrogens is 466 g/mol. The normalized spacial score (nSPS) is 11.5. The van der Waals surface area contributed by atoms with Crippen LogP contribution in [0, 0.1) is 0 Å². The summed E-state index contributed by atoms with van der Waals surface area (Å²) in [6, 6.07) is 19.3. The number of anilines is 1. The molecule has 164 valence electrons. The van der Waals surface area contributed by atoms with Crippen molar-refractivity contribution >= 4 is 54.0 Å². The predicted molar refractivity (Wildman–Crippen MR) is 128 cm³/mol. The highest BCUT2D eigenvalue weighted by atomic mass is 35.5. The van der Waals surface area contributed by atoms with E-state index in [2.05, 4.69) is 9.97 Å². The number of hydrogen-bond acceptors (Lipinski definition) is 6. The number of carbonyl (C=O) groups is 1. The molecule has 2 heterocycles. The summed E-state index contributed by atoms with van der Waals surface area (Å²) in [7, 11) is -3.44. The van der Waals surface area contributed by atoms with Gasteiger partial charge in [-0.05, 0) is 42.8 Å². The van der Waals surface area contributed by atoms with E-state index in [1.165, 1.54) is 11.3 Å². The molecule has 32 heavy (non-hydrogen) atoms. The van der Waals surface area contributed by atoms with Crippen LogP contribution in [0.15, 0.2) is 77.8 Å². The van der Waals surface area contributed by atoms with E-state index in [0.29, 0.717) is 21.4 Å². The summed E-state index contributed by atoms with van der Waals surface area (Å²) in [6.45, 7) is 0.239. The van der Waals surface area contributed by atoms with E-state index in [-0.39, 0.29) is 35.9 Å². The average Bonchev–Trinajstić information content (AvgIpc) is 3.24. The highest BCUT2D eigenvalue weighted by molar-refractivity contribution is 7.91. The van der Waals surface area contributed by atoms with E-state index >= 15 is 0 Å². The number of hydrogen-bond donors (Lipinski definition) is 0. The summed E-state index contributed by atoms with van der Waals surface area (Å²) < 4.78 is 26.0. The Morgan fingerprint density at radius 3 is 2.50 bits per heavy atom. The minimum atomic E-state index is -3.44. The maximum absolute atomic E-state index is 13.2. The highest BCUT2D eigenvalue weighted by Crippen LogP contribution is 2.33. The molecule has 0 atom stereocenters. The van der Waals surface area contributed by atoms with Gasteiger partial charge < -0.3 is 0 Å². The number of halogens is 1. The van der Waals surface area contributed by atoms with Crippen molar-refractivity contribution in [1.82, 2.24) is 9.97 Å². The zero-order valence-corrected chi connectivity index (χ0v) is 19.4. The van der Waals surface area contributed by atoms with Gasteiger partial charge in [0.1, 0.15) is 5.52 Å². The summed E-state index contributed by atoms with van der Waals surface area (Å²) >= 11 is 7.64. The number of benzene rings is 2. The van der Waals surface area contributed by atoms with Gasteiger partial charge in [0.25, 0.3) is 0 Å². The molecule has 0 aliphatic heterocycles. The van der Waals surface area contributed by atoms with Crippen LogP contribution in [0.5, 0.6) is 0 Å². The molecule has 0 aliphatic rings. The van der Waals surface area contributed by atoms with Crippen molar-refractivity contribution in [3.63, 3.8) is 0 Å². The lowest BCUT2D eigenvalue weighted by atomic mass is 10.2. The molecule has 1 amide bonds. The standard InChI is InChI=1S/C23H20ClN3O3S2/c24-19-11-6-12-20-22(19)26-23(31-20)27(16-17-8-4-5-14-25-17)21(28)13-7-15-32(29,30)18-9-2-1-3-10-18/h1-6,8-12,14H,7,13,15-16H2. The van der Waals surface area contributed by atoms with Gasteiger partial charge in [-0.2, -0.15) is 0 Å². The summed E-state index contributed by atoms with van der Waals surface area (Å²) in [5.41, 5.74) is 1.35. The molecule has 0 aliphatic carbocycles. The third-order valence-electron chi connectivity index (χ3n) is 4.84. The third-order valence-corrected chi connectivity index (χ3v) is 8.01. The van der Waals surface area contributed by atoms with Gasteiger partial charge in [0.15, 0.2) is 15.0 Å². The smallest absolute Gasteiger partial charge is 0.229 e. The first-order valence-corrected chi connectivity index (χ1v) is 12.8. The zero-order valence-electron chi connectivity index (χ0n) is 17.0. The number of para-hydroxylation sites is 1. The molecule has 0 spiro atoms. The van der Waals surface area contributed by atoms with Gasteiger partial charge >= 0.3 is 0 Å². The number of sulfone groups is 1. The van der Waals surface area contributed by atoms with Crippen LogP contribution >= 0.6 is 22.9 Å². The molecular formula is C23H20ClN3O3S2. The van der Waals surface area contributed by atoms with Crippen LogP contribution in [-0.4, -0.2) is 30.0 Å². The number of carbonyl (C=O) groups excluding carboxylic acids is 1. The summed E-state index contributed by atoms with van der Waals surface area (Å²) in [6.07, 6.45) is 1.95. The maximum Gasteiger partial charge on any atom is 0.229 e. The van der Waals surface area contributed by atoms with Crippen molar-refractivity contribution in [2.75, 3.05) is 10.7 Å². The number of rotatable bonds is 8. The molecule has 2 aromatic heterocycles. The Bertz CT molecular complexity index is 1330. The second kappa shape index (κ2) is 9.77. The Kier molecular flexibility index (Phi) is 6.83.